The number of benzene rings is 1. The number of nitrogen functional groups attached to an aromatic ring is 1. The van der Waals surface area contributed by atoms with E-state index in [-0.39, 0.29) is 22.5 Å². The number of halogens is 1. The van der Waals surface area contributed by atoms with Crippen molar-refractivity contribution in [2.75, 3.05) is 18.2 Å². The van der Waals surface area contributed by atoms with Crippen LogP contribution in [0.4, 0.5) is 5.82 Å². The predicted octanol–water partition coefficient (Wildman–Crippen LogP) is 1.99. The van der Waals surface area contributed by atoms with Gasteiger partial charge in [-0.05, 0) is 17.7 Å². The Morgan fingerprint density at radius 3 is 2.36 bits per heavy atom. The lowest BCUT2D eigenvalue weighted by Crippen LogP contribution is -2.16. The average Bonchev–Trinajstić information content (AvgIpc) is 2.53. The van der Waals surface area contributed by atoms with Crippen molar-refractivity contribution >= 4 is 17.4 Å². The fourth-order valence-corrected chi connectivity index (χ4v) is 2.08. The molecule has 3 N–H and O–H groups in total. The van der Waals surface area contributed by atoms with Crippen molar-refractivity contribution in [3.63, 3.8) is 0 Å². The Hall–Kier alpha value is -2.96. The number of alkyl halides is 1. The van der Waals surface area contributed by atoms with Crippen LogP contribution in [-0.4, -0.2) is 17.5 Å². The number of hydrogen-bond acceptors (Lipinski definition) is 5. The lowest BCUT2D eigenvalue weighted by Gasteiger charge is -2.10. The second kappa shape index (κ2) is 6.66. The van der Waals surface area contributed by atoms with E-state index in [1.54, 1.807) is 24.3 Å². The number of aromatic nitrogens is 1. The van der Waals surface area contributed by atoms with E-state index in [1.807, 2.05) is 12.1 Å². The van der Waals surface area contributed by atoms with Crippen molar-refractivity contribution in [3.05, 3.63) is 45.7 Å². The zero-order valence-electron chi connectivity index (χ0n) is 11.4. The summed E-state index contributed by atoms with van der Waals surface area (Å²) in [6.45, 7) is 0.367. The summed E-state index contributed by atoms with van der Waals surface area (Å²) in [4.78, 5) is 14.1. The third-order valence-corrected chi connectivity index (χ3v) is 3.11. The predicted molar refractivity (Wildman–Crippen MR) is 82.6 cm³/mol. The number of anilines is 1. The van der Waals surface area contributed by atoms with Gasteiger partial charge in [0.1, 0.15) is 41.4 Å². The summed E-state index contributed by atoms with van der Waals surface area (Å²) in [6, 6.07) is 10.4. The van der Waals surface area contributed by atoms with Crippen LogP contribution in [0.2, 0.25) is 0 Å². The molecule has 7 heteroatoms. The molecule has 0 fully saturated rings. The third kappa shape index (κ3) is 2.88. The molecule has 110 valence electrons. The van der Waals surface area contributed by atoms with E-state index in [9.17, 15) is 15.3 Å². The smallest absolute Gasteiger partial charge is 0.268 e. The highest BCUT2D eigenvalue weighted by Crippen LogP contribution is 2.29. The molecule has 0 atom stereocenters. The number of hydrogen-bond donors (Lipinski definition) is 2. The van der Waals surface area contributed by atoms with Crippen LogP contribution in [0.3, 0.4) is 0 Å². The van der Waals surface area contributed by atoms with Gasteiger partial charge in [-0.25, -0.2) is 0 Å². The summed E-state index contributed by atoms with van der Waals surface area (Å²) in [5.74, 6) is 0.895. The molecule has 0 radical (unpaired) electrons. The van der Waals surface area contributed by atoms with Crippen molar-refractivity contribution in [3.8, 4) is 29.0 Å². The van der Waals surface area contributed by atoms with Gasteiger partial charge < -0.3 is 15.5 Å². The van der Waals surface area contributed by atoms with Crippen LogP contribution >= 0.6 is 11.6 Å². The molecule has 0 saturated heterocycles. The summed E-state index contributed by atoms with van der Waals surface area (Å²) in [5.41, 5.74) is 5.69. The molecule has 0 aliphatic heterocycles. The minimum Gasteiger partial charge on any atom is -0.492 e. The Kier molecular flexibility index (Phi) is 4.67. The van der Waals surface area contributed by atoms with Gasteiger partial charge >= 0.3 is 0 Å². The minimum absolute atomic E-state index is 0.0607. The van der Waals surface area contributed by atoms with E-state index in [1.165, 1.54) is 0 Å². The maximum absolute atomic E-state index is 11.8. The highest BCUT2D eigenvalue weighted by molar-refractivity contribution is 6.18. The normalized spacial score (nSPS) is 9.77. The van der Waals surface area contributed by atoms with Crippen LogP contribution in [0.25, 0.3) is 11.1 Å². The molecule has 2 rings (SSSR count). The van der Waals surface area contributed by atoms with Gasteiger partial charge in [0.15, 0.2) is 0 Å². The summed E-state index contributed by atoms with van der Waals surface area (Å²) in [5, 5.41) is 18.4. The maximum Gasteiger partial charge on any atom is 0.268 e. The lowest BCUT2D eigenvalue weighted by atomic mass is 9.97. The van der Waals surface area contributed by atoms with Gasteiger partial charge in [0.05, 0.1) is 5.88 Å². The number of rotatable bonds is 4. The standard InChI is InChI=1S/C15H11ClN4O2/c16-5-6-22-10-3-1-9(2-4-10)13-11(7-17)14(19)20-15(21)12(13)8-18/h1-4H,5-6H2,(H3,19,20,21). The molecule has 0 aliphatic carbocycles. The molecule has 1 aromatic carbocycles. The quantitative estimate of drug-likeness (QED) is 0.837. The molecule has 0 spiro atoms. The second-order valence-corrected chi connectivity index (χ2v) is 4.66. The topological polar surface area (TPSA) is 116 Å². The second-order valence-electron chi connectivity index (χ2n) is 4.28. The van der Waals surface area contributed by atoms with E-state index in [0.717, 1.165) is 0 Å². The third-order valence-electron chi connectivity index (χ3n) is 2.96. The van der Waals surface area contributed by atoms with Crippen LogP contribution in [0, 0.1) is 22.7 Å². The Balaban J connectivity index is 2.60. The van der Waals surface area contributed by atoms with Crippen molar-refractivity contribution in [1.29, 1.82) is 10.5 Å². The zero-order chi connectivity index (χ0) is 16.1. The Labute approximate surface area is 131 Å². The fraction of sp³-hybridized carbons (Fsp3) is 0.133. The zero-order valence-corrected chi connectivity index (χ0v) is 12.1. The molecule has 0 unspecified atom stereocenters. The number of H-pyrrole nitrogens is 1. The lowest BCUT2D eigenvalue weighted by molar-refractivity contribution is 0.343. The van der Waals surface area contributed by atoms with Crippen molar-refractivity contribution in [2.24, 2.45) is 0 Å². The van der Waals surface area contributed by atoms with Crippen molar-refractivity contribution < 1.29 is 4.74 Å². The molecule has 0 amide bonds. The SMILES string of the molecule is N#Cc1c(N)[nH]c(=O)c(C#N)c1-c1ccc(OCCCl)cc1. The number of aromatic amines is 1. The fourth-order valence-electron chi connectivity index (χ4n) is 2.01. The molecule has 1 aromatic heterocycles. The number of ether oxygens (including phenoxy) is 1. The first-order valence-electron chi connectivity index (χ1n) is 6.27. The summed E-state index contributed by atoms with van der Waals surface area (Å²) in [6.07, 6.45) is 0. The number of nitrogens with zero attached hydrogens (tertiary/aromatic N) is 2. The number of nitrogens with two attached hydrogens (primary N) is 1. The van der Waals surface area contributed by atoms with E-state index in [0.29, 0.717) is 23.8 Å². The Morgan fingerprint density at radius 2 is 1.82 bits per heavy atom. The first-order valence-corrected chi connectivity index (χ1v) is 6.81. The highest BCUT2D eigenvalue weighted by Gasteiger charge is 2.17. The molecule has 0 bridgehead atoms. The van der Waals surface area contributed by atoms with E-state index in [2.05, 4.69) is 4.98 Å². The maximum atomic E-state index is 11.8. The molecule has 0 aliphatic rings. The van der Waals surface area contributed by atoms with E-state index in [4.69, 9.17) is 22.1 Å². The largest absolute Gasteiger partial charge is 0.492 e. The van der Waals surface area contributed by atoms with Crippen molar-refractivity contribution in [1.82, 2.24) is 4.98 Å². The number of pyridine rings is 1. The van der Waals surface area contributed by atoms with Gasteiger partial charge in [-0.1, -0.05) is 12.1 Å². The van der Waals surface area contributed by atoms with Crippen LogP contribution in [-0.2, 0) is 0 Å². The van der Waals surface area contributed by atoms with Gasteiger partial charge in [-0.3, -0.25) is 4.79 Å². The number of nitrogens with one attached hydrogen (secondary N) is 1. The Morgan fingerprint density at radius 1 is 1.18 bits per heavy atom. The summed E-state index contributed by atoms with van der Waals surface area (Å²) in [7, 11) is 0. The molecule has 0 saturated carbocycles. The minimum atomic E-state index is -0.628. The number of nitriles is 2. The molecule has 6 nitrogen and oxygen atoms in total. The summed E-state index contributed by atoms with van der Waals surface area (Å²) >= 11 is 5.54. The molecule has 1 heterocycles. The van der Waals surface area contributed by atoms with Crippen LogP contribution in [0.1, 0.15) is 11.1 Å². The molecule has 22 heavy (non-hydrogen) atoms. The van der Waals surface area contributed by atoms with Gasteiger partial charge in [-0.2, -0.15) is 10.5 Å². The van der Waals surface area contributed by atoms with Crippen LogP contribution in [0.15, 0.2) is 29.1 Å². The average molecular weight is 315 g/mol. The first-order chi connectivity index (χ1) is 10.6. The highest BCUT2D eigenvalue weighted by atomic mass is 35.5. The van der Waals surface area contributed by atoms with E-state index < -0.39 is 5.56 Å². The van der Waals surface area contributed by atoms with Crippen LogP contribution < -0.4 is 16.0 Å². The van der Waals surface area contributed by atoms with E-state index >= 15 is 0 Å². The first kappa shape index (κ1) is 15.4. The van der Waals surface area contributed by atoms with Gasteiger partial charge in [0, 0.05) is 5.56 Å². The van der Waals surface area contributed by atoms with Crippen molar-refractivity contribution in [2.45, 2.75) is 0 Å². The van der Waals surface area contributed by atoms with Gasteiger partial charge in [-0.15, -0.1) is 11.6 Å². The molecular formula is C15H11ClN4O2. The molecule has 2 aromatic rings. The monoisotopic (exact) mass is 314 g/mol. The molecular weight excluding hydrogens is 304 g/mol. The Bertz CT molecular complexity index is 829. The van der Waals surface area contributed by atoms with Gasteiger partial charge in [0.2, 0.25) is 0 Å². The summed E-state index contributed by atoms with van der Waals surface area (Å²) < 4.78 is 5.35. The van der Waals surface area contributed by atoms with Crippen LogP contribution in [0.5, 0.6) is 5.75 Å². The van der Waals surface area contributed by atoms with Gasteiger partial charge in [0.25, 0.3) is 5.56 Å².